The first-order valence-electron chi connectivity index (χ1n) is 5.44. The zero-order valence-corrected chi connectivity index (χ0v) is 9.68. The summed E-state index contributed by atoms with van der Waals surface area (Å²) in [6.45, 7) is -0.0680. The van der Waals surface area contributed by atoms with E-state index in [0.29, 0.717) is 0 Å². The number of amides is 1. The molecule has 1 aliphatic heterocycles. The van der Waals surface area contributed by atoms with Gasteiger partial charge in [0, 0.05) is 12.7 Å². The maximum atomic E-state index is 13.4. The third-order valence-corrected chi connectivity index (χ3v) is 2.71. The molecule has 1 aromatic rings. The van der Waals surface area contributed by atoms with Crippen LogP contribution in [0, 0.1) is 11.8 Å². The Labute approximate surface area is 106 Å². The zero-order valence-electron chi connectivity index (χ0n) is 9.68. The molecule has 0 radical (unpaired) electrons. The zero-order chi connectivity index (χ0) is 14.0. The van der Waals surface area contributed by atoms with Gasteiger partial charge in [-0.25, -0.2) is 14.2 Å². The third-order valence-electron chi connectivity index (χ3n) is 2.71. The molecule has 0 aliphatic carbocycles. The van der Waals surface area contributed by atoms with Crippen LogP contribution in [0.3, 0.4) is 0 Å². The van der Waals surface area contributed by atoms with E-state index in [2.05, 4.69) is 4.98 Å². The van der Waals surface area contributed by atoms with Crippen molar-refractivity contribution in [3.05, 3.63) is 29.6 Å². The Hall–Kier alpha value is -2.09. The molecular weight excluding hydrogens is 262 g/mol. The number of aromatic nitrogens is 1. The second-order valence-corrected chi connectivity index (χ2v) is 3.91. The van der Waals surface area contributed by atoms with Crippen LogP contribution in [0.2, 0.25) is 0 Å². The van der Waals surface area contributed by atoms with Crippen LogP contribution >= 0.6 is 0 Å². The van der Waals surface area contributed by atoms with Crippen LogP contribution in [0.25, 0.3) is 0 Å². The monoisotopic (exact) mass is 272 g/mol. The Morgan fingerprint density at radius 3 is 2.89 bits per heavy atom. The molecule has 1 atom stereocenters. The summed E-state index contributed by atoms with van der Waals surface area (Å²) in [5.41, 5.74) is -0.474. The number of halogens is 2. The van der Waals surface area contributed by atoms with Crippen molar-refractivity contribution < 1.29 is 28.2 Å². The molecule has 0 aromatic carbocycles. The van der Waals surface area contributed by atoms with E-state index in [0.717, 1.165) is 17.2 Å². The number of rotatable bonds is 2. The van der Waals surface area contributed by atoms with Gasteiger partial charge in [0.1, 0.15) is 0 Å². The third kappa shape index (κ3) is 2.68. The molecule has 0 saturated carbocycles. The maximum Gasteiger partial charge on any atom is 0.334 e. The van der Waals surface area contributed by atoms with Crippen molar-refractivity contribution >= 4 is 11.9 Å². The van der Waals surface area contributed by atoms with Crippen LogP contribution in [-0.4, -0.2) is 52.7 Å². The minimum absolute atomic E-state index is 0.0257. The van der Waals surface area contributed by atoms with E-state index >= 15 is 0 Å². The van der Waals surface area contributed by atoms with Gasteiger partial charge in [-0.15, -0.1) is 0 Å². The fourth-order valence-corrected chi connectivity index (χ4v) is 1.74. The standard InChI is InChI=1S/C11H10F2N2O4/c12-8-6(1-2-14-9(8)13)10(16)15-3-4-19-7(5-15)11(17)18/h1-2,7H,3-5H2,(H,17,18). The van der Waals surface area contributed by atoms with E-state index in [4.69, 9.17) is 9.84 Å². The molecule has 6 nitrogen and oxygen atoms in total. The van der Waals surface area contributed by atoms with Gasteiger partial charge in [0.15, 0.2) is 11.9 Å². The van der Waals surface area contributed by atoms with Crippen molar-refractivity contribution in [2.24, 2.45) is 0 Å². The van der Waals surface area contributed by atoms with E-state index in [-0.39, 0.29) is 19.7 Å². The number of hydrogen-bond acceptors (Lipinski definition) is 4. The molecule has 19 heavy (non-hydrogen) atoms. The molecule has 1 aliphatic rings. The molecule has 2 rings (SSSR count). The van der Waals surface area contributed by atoms with E-state index in [1.54, 1.807) is 0 Å². The summed E-state index contributed by atoms with van der Waals surface area (Å²) in [6, 6.07) is 1.05. The number of pyridine rings is 1. The highest BCUT2D eigenvalue weighted by Crippen LogP contribution is 2.14. The summed E-state index contributed by atoms with van der Waals surface area (Å²) in [4.78, 5) is 26.9. The lowest BCUT2D eigenvalue weighted by Gasteiger charge is -2.30. The summed E-state index contributed by atoms with van der Waals surface area (Å²) < 4.78 is 31.3. The predicted octanol–water partition coefficient (Wildman–Crippen LogP) is 0.285. The van der Waals surface area contributed by atoms with Crippen LogP contribution < -0.4 is 0 Å². The summed E-state index contributed by atoms with van der Waals surface area (Å²) in [7, 11) is 0. The summed E-state index contributed by atoms with van der Waals surface area (Å²) in [5, 5.41) is 8.80. The van der Waals surface area contributed by atoms with Crippen LogP contribution in [0.5, 0.6) is 0 Å². The molecule has 1 aromatic heterocycles. The van der Waals surface area contributed by atoms with E-state index in [1.807, 2.05) is 0 Å². The van der Waals surface area contributed by atoms with Gasteiger partial charge in [0.25, 0.3) is 5.91 Å². The van der Waals surface area contributed by atoms with Gasteiger partial charge in [-0.05, 0) is 6.07 Å². The quantitative estimate of drug-likeness (QED) is 0.782. The first-order valence-corrected chi connectivity index (χ1v) is 5.44. The number of morpholine rings is 1. The van der Waals surface area contributed by atoms with Crippen LogP contribution in [-0.2, 0) is 9.53 Å². The maximum absolute atomic E-state index is 13.4. The molecule has 8 heteroatoms. The van der Waals surface area contributed by atoms with Crippen LogP contribution in [0.4, 0.5) is 8.78 Å². The summed E-state index contributed by atoms with van der Waals surface area (Å²) in [5.74, 6) is -4.70. The molecule has 0 bridgehead atoms. The second-order valence-electron chi connectivity index (χ2n) is 3.91. The van der Waals surface area contributed by atoms with Crippen LogP contribution in [0.15, 0.2) is 12.3 Å². The number of aliphatic carboxylic acids is 1. The van der Waals surface area contributed by atoms with Crippen LogP contribution in [0.1, 0.15) is 10.4 Å². The van der Waals surface area contributed by atoms with Gasteiger partial charge < -0.3 is 14.7 Å². The Balaban J connectivity index is 2.19. The Morgan fingerprint density at radius 1 is 1.47 bits per heavy atom. The summed E-state index contributed by atoms with van der Waals surface area (Å²) >= 11 is 0. The van der Waals surface area contributed by atoms with E-state index in [9.17, 15) is 18.4 Å². The Kier molecular flexibility index (Phi) is 3.70. The van der Waals surface area contributed by atoms with E-state index in [1.165, 1.54) is 0 Å². The lowest BCUT2D eigenvalue weighted by atomic mass is 10.2. The summed E-state index contributed by atoms with van der Waals surface area (Å²) in [6.07, 6.45) is -0.187. The largest absolute Gasteiger partial charge is 0.479 e. The Morgan fingerprint density at radius 2 is 2.21 bits per heavy atom. The lowest BCUT2D eigenvalue weighted by molar-refractivity contribution is -0.154. The van der Waals surface area contributed by atoms with Crippen molar-refractivity contribution in [3.63, 3.8) is 0 Å². The highest BCUT2D eigenvalue weighted by molar-refractivity contribution is 5.94. The number of ether oxygens (including phenoxy) is 1. The number of nitrogens with zero attached hydrogens (tertiary/aromatic N) is 2. The molecule has 1 saturated heterocycles. The smallest absolute Gasteiger partial charge is 0.334 e. The second kappa shape index (κ2) is 5.27. The topological polar surface area (TPSA) is 79.7 Å². The van der Waals surface area contributed by atoms with Crippen molar-refractivity contribution in [2.75, 3.05) is 19.7 Å². The normalized spacial score (nSPS) is 19.3. The minimum Gasteiger partial charge on any atom is -0.479 e. The van der Waals surface area contributed by atoms with Gasteiger partial charge in [0.05, 0.1) is 18.7 Å². The average Bonchev–Trinajstić information content (AvgIpc) is 2.41. The highest BCUT2D eigenvalue weighted by atomic mass is 19.2. The molecule has 0 spiro atoms. The lowest BCUT2D eigenvalue weighted by Crippen LogP contribution is -2.48. The molecule has 1 amide bonds. The number of carbonyl (C=O) groups is 2. The number of carbonyl (C=O) groups excluding carboxylic acids is 1. The molecule has 2 heterocycles. The van der Waals surface area contributed by atoms with Gasteiger partial charge in [0.2, 0.25) is 5.95 Å². The van der Waals surface area contributed by atoms with Crippen molar-refractivity contribution in [1.82, 2.24) is 9.88 Å². The number of hydrogen-bond donors (Lipinski definition) is 1. The fraction of sp³-hybridized carbons (Fsp3) is 0.364. The first kappa shape index (κ1) is 13.3. The predicted molar refractivity (Wildman–Crippen MR) is 57.4 cm³/mol. The Bertz CT molecular complexity index is 523. The first-order chi connectivity index (χ1) is 9.00. The molecular formula is C11H10F2N2O4. The highest BCUT2D eigenvalue weighted by Gasteiger charge is 2.31. The van der Waals surface area contributed by atoms with Gasteiger partial charge in [-0.3, -0.25) is 4.79 Å². The van der Waals surface area contributed by atoms with E-state index < -0.39 is 35.3 Å². The average molecular weight is 272 g/mol. The van der Waals surface area contributed by atoms with Crippen molar-refractivity contribution in [1.29, 1.82) is 0 Å². The molecule has 102 valence electrons. The van der Waals surface area contributed by atoms with Gasteiger partial charge >= 0.3 is 5.97 Å². The van der Waals surface area contributed by atoms with Gasteiger partial charge in [-0.2, -0.15) is 4.39 Å². The number of carboxylic acids is 1. The minimum atomic E-state index is -1.37. The fourth-order valence-electron chi connectivity index (χ4n) is 1.74. The van der Waals surface area contributed by atoms with Gasteiger partial charge in [-0.1, -0.05) is 0 Å². The van der Waals surface area contributed by atoms with Crippen molar-refractivity contribution in [2.45, 2.75) is 6.10 Å². The molecule has 1 unspecified atom stereocenters. The molecule has 1 N–H and O–H groups in total. The number of carboxylic acid groups (broad SMARTS) is 1. The van der Waals surface area contributed by atoms with Crippen molar-refractivity contribution in [3.8, 4) is 0 Å². The SMILES string of the molecule is O=C(O)C1CN(C(=O)c2ccnc(F)c2F)CCO1. The molecule has 1 fully saturated rings.